The van der Waals surface area contributed by atoms with Crippen molar-refractivity contribution < 1.29 is 4.74 Å². The Morgan fingerprint density at radius 3 is 2.83 bits per heavy atom. The van der Waals surface area contributed by atoms with Gasteiger partial charge in [-0.2, -0.15) is 0 Å². The number of ether oxygens (including phenoxy) is 1. The zero-order valence-electron chi connectivity index (χ0n) is 12.8. The van der Waals surface area contributed by atoms with Gasteiger partial charge in [0.25, 0.3) is 0 Å². The molecule has 7 heteroatoms. The second kappa shape index (κ2) is 7.02. The zero-order chi connectivity index (χ0) is 16.4. The van der Waals surface area contributed by atoms with E-state index in [1.807, 2.05) is 18.2 Å². The van der Waals surface area contributed by atoms with Crippen molar-refractivity contribution in [1.82, 2.24) is 9.55 Å². The van der Waals surface area contributed by atoms with Gasteiger partial charge in [0.1, 0.15) is 0 Å². The summed E-state index contributed by atoms with van der Waals surface area (Å²) in [6.45, 7) is 1.67. The SMILES string of the molecule is Cc1cn([C@H]2C[C@H](N)[C@@H](C[Te]c3ccccc3)O2)c(=O)[nH]c1=O. The molecule has 1 aromatic carbocycles. The first-order chi connectivity index (χ1) is 11.0. The number of benzene rings is 1. The van der Waals surface area contributed by atoms with Crippen LogP contribution in [0.15, 0.2) is 46.1 Å². The molecule has 0 spiro atoms. The molecule has 0 unspecified atom stereocenters. The number of aryl methyl sites for hydroxylation is 1. The summed E-state index contributed by atoms with van der Waals surface area (Å²) in [6, 6.07) is 10.3. The molecule has 0 radical (unpaired) electrons. The summed E-state index contributed by atoms with van der Waals surface area (Å²) in [4.78, 5) is 25.7. The number of nitrogens with two attached hydrogens (primary N) is 1. The molecular formula is C16H19N3O3Te. The van der Waals surface area contributed by atoms with E-state index < -0.39 is 11.9 Å². The van der Waals surface area contributed by atoms with Crippen molar-refractivity contribution in [2.24, 2.45) is 5.73 Å². The molecule has 2 heterocycles. The Hall–Kier alpha value is -1.39. The van der Waals surface area contributed by atoms with E-state index in [0.29, 0.717) is 12.0 Å². The molecule has 1 aliphatic heterocycles. The molecule has 2 aromatic rings. The summed E-state index contributed by atoms with van der Waals surface area (Å²) in [5.41, 5.74) is 5.88. The second-order valence-corrected chi connectivity index (χ2v) is 8.75. The van der Waals surface area contributed by atoms with Gasteiger partial charge in [0.15, 0.2) is 0 Å². The molecule has 23 heavy (non-hydrogen) atoms. The topological polar surface area (TPSA) is 90.1 Å². The van der Waals surface area contributed by atoms with Gasteiger partial charge in [0.2, 0.25) is 0 Å². The Balaban J connectivity index is 1.70. The fourth-order valence-corrected chi connectivity index (χ4v) is 5.53. The fourth-order valence-electron chi connectivity index (χ4n) is 2.58. The zero-order valence-corrected chi connectivity index (χ0v) is 15.1. The van der Waals surface area contributed by atoms with Crippen LogP contribution in [0.2, 0.25) is 4.47 Å². The normalized spacial score (nSPS) is 24.0. The molecule has 3 N–H and O–H groups in total. The van der Waals surface area contributed by atoms with Crippen LogP contribution < -0.4 is 20.6 Å². The van der Waals surface area contributed by atoms with Gasteiger partial charge in [0.05, 0.1) is 0 Å². The molecule has 0 amide bonds. The average molecular weight is 429 g/mol. The summed E-state index contributed by atoms with van der Waals surface area (Å²) in [5.74, 6) is 0. The molecule has 3 rings (SSSR count). The molecule has 0 saturated carbocycles. The molecule has 122 valence electrons. The van der Waals surface area contributed by atoms with Gasteiger partial charge in [-0.15, -0.1) is 0 Å². The predicted molar refractivity (Wildman–Crippen MR) is 89.2 cm³/mol. The Morgan fingerprint density at radius 2 is 2.09 bits per heavy atom. The summed E-state index contributed by atoms with van der Waals surface area (Å²) >= 11 is -0.364. The molecule has 3 atom stereocenters. The molecule has 6 nitrogen and oxygen atoms in total. The maximum absolute atomic E-state index is 12.0. The van der Waals surface area contributed by atoms with Crippen LogP contribution in [0.3, 0.4) is 0 Å². The van der Waals surface area contributed by atoms with Gasteiger partial charge in [0, 0.05) is 0 Å². The van der Waals surface area contributed by atoms with Crippen LogP contribution in [-0.4, -0.2) is 42.6 Å². The van der Waals surface area contributed by atoms with Crippen molar-refractivity contribution in [3.63, 3.8) is 0 Å². The number of aromatic nitrogens is 2. The van der Waals surface area contributed by atoms with Crippen molar-refractivity contribution >= 4 is 24.5 Å². The molecule has 1 saturated heterocycles. The maximum atomic E-state index is 12.0. The van der Waals surface area contributed by atoms with Gasteiger partial charge in [-0.1, -0.05) is 0 Å². The summed E-state index contributed by atoms with van der Waals surface area (Å²) in [7, 11) is 0. The quantitative estimate of drug-likeness (QED) is 0.666. The molecule has 0 aliphatic carbocycles. The Kier molecular flexibility index (Phi) is 5.02. The van der Waals surface area contributed by atoms with E-state index >= 15 is 0 Å². The number of hydrogen-bond acceptors (Lipinski definition) is 4. The third-order valence-electron chi connectivity index (χ3n) is 3.90. The van der Waals surface area contributed by atoms with Gasteiger partial charge >= 0.3 is 144 Å². The number of hydrogen-bond donors (Lipinski definition) is 2. The van der Waals surface area contributed by atoms with E-state index in [4.69, 9.17) is 10.5 Å². The van der Waals surface area contributed by atoms with Gasteiger partial charge in [-0.25, -0.2) is 0 Å². The van der Waals surface area contributed by atoms with Crippen LogP contribution in [0.5, 0.6) is 0 Å². The number of nitrogens with one attached hydrogen (secondary N) is 1. The fraction of sp³-hybridized carbons (Fsp3) is 0.375. The van der Waals surface area contributed by atoms with E-state index in [2.05, 4.69) is 17.1 Å². The van der Waals surface area contributed by atoms with Crippen molar-refractivity contribution in [3.8, 4) is 0 Å². The third-order valence-corrected chi connectivity index (χ3v) is 7.04. The van der Waals surface area contributed by atoms with E-state index in [-0.39, 0.29) is 38.6 Å². The number of nitrogens with zero attached hydrogens (tertiary/aromatic N) is 1. The van der Waals surface area contributed by atoms with Crippen molar-refractivity contribution in [1.29, 1.82) is 0 Å². The molecule has 1 aromatic heterocycles. The standard InChI is InChI=1S/C16H19N3O3Te/c1-10-8-19(16(21)18-15(10)20)14-7-12(17)13(22-14)9-23-11-5-3-2-4-6-11/h2-6,8,12-14H,7,9,17H2,1H3,(H,18,20,21)/t12-,13+,14+/m0/s1. The number of aromatic amines is 1. The summed E-state index contributed by atoms with van der Waals surface area (Å²) in [6.07, 6.45) is 1.69. The van der Waals surface area contributed by atoms with Crippen LogP contribution in [0.1, 0.15) is 18.2 Å². The van der Waals surface area contributed by atoms with Crippen molar-refractivity contribution in [2.75, 3.05) is 0 Å². The third kappa shape index (κ3) is 3.75. The van der Waals surface area contributed by atoms with Crippen LogP contribution >= 0.6 is 0 Å². The minimum absolute atomic E-state index is 0.0401. The van der Waals surface area contributed by atoms with Gasteiger partial charge < -0.3 is 0 Å². The first-order valence-electron chi connectivity index (χ1n) is 7.45. The Morgan fingerprint density at radius 1 is 1.35 bits per heavy atom. The van der Waals surface area contributed by atoms with E-state index in [9.17, 15) is 9.59 Å². The van der Waals surface area contributed by atoms with E-state index in [1.165, 1.54) is 8.18 Å². The van der Waals surface area contributed by atoms with Gasteiger partial charge in [-0.3, -0.25) is 0 Å². The van der Waals surface area contributed by atoms with Crippen LogP contribution in [0.4, 0.5) is 0 Å². The van der Waals surface area contributed by atoms with Crippen LogP contribution in [-0.2, 0) is 4.74 Å². The average Bonchev–Trinajstić information content (AvgIpc) is 2.91. The minimum atomic E-state index is -0.446. The van der Waals surface area contributed by atoms with Crippen LogP contribution in [0, 0.1) is 6.92 Å². The summed E-state index contributed by atoms with van der Waals surface area (Å²) in [5, 5.41) is 0. The first-order valence-corrected chi connectivity index (χ1v) is 10.3. The van der Waals surface area contributed by atoms with Gasteiger partial charge in [-0.05, 0) is 0 Å². The molecule has 1 fully saturated rings. The van der Waals surface area contributed by atoms with Crippen molar-refractivity contribution in [2.45, 2.75) is 36.2 Å². The number of H-pyrrole nitrogens is 1. The molecular weight excluding hydrogens is 410 g/mol. The molecule has 1 aliphatic rings. The van der Waals surface area contributed by atoms with E-state index in [0.717, 1.165) is 4.47 Å². The van der Waals surface area contributed by atoms with E-state index in [1.54, 1.807) is 13.1 Å². The Labute approximate surface area is 143 Å². The predicted octanol–water partition coefficient (Wildman–Crippen LogP) is -0.0922. The van der Waals surface area contributed by atoms with Crippen molar-refractivity contribution in [3.05, 3.63) is 62.9 Å². The molecule has 0 bridgehead atoms. The second-order valence-electron chi connectivity index (χ2n) is 5.63. The first kappa shape index (κ1) is 16.5. The Bertz CT molecular complexity index is 787. The van der Waals surface area contributed by atoms with Crippen LogP contribution in [0.25, 0.3) is 0 Å². The number of rotatable bonds is 4. The summed E-state index contributed by atoms with van der Waals surface area (Å²) < 4.78 is 9.75. The monoisotopic (exact) mass is 431 g/mol.